The molecule has 1 heterocycles. The molecule has 0 fully saturated rings. The van der Waals surface area contributed by atoms with Gasteiger partial charge in [0.15, 0.2) is 5.82 Å². The predicted molar refractivity (Wildman–Crippen MR) is 99.4 cm³/mol. The molecule has 0 saturated heterocycles. The second kappa shape index (κ2) is 7.29. The summed E-state index contributed by atoms with van der Waals surface area (Å²) in [6, 6.07) is 16.5. The molecule has 0 atom stereocenters. The maximum absolute atomic E-state index is 12.5. The Morgan fingerprint density at radius 1 is 1.04 bits per heavy atom. The number of nitrogens with one attached hydrogen (secondary N) is 1. The lowest BCUT2D eigenvalue weighted by atomic mass is 10.2. The normalized spacial score (nSPS) is 11.4. The van der Waals surface area contributed by atoms with Crippen molar-refractivity contribution in [3.63, 3.8) is 0 Å². The zero-order valence-electron chi connectivity index (χ0n) is 13.7. The molecule has 25 heavy (non-hydrogen) atoms. The molecule has 0 aliphatic carbocycles. The molecule has 0 aliphatic rings. The summed E-state index contributed by atoms with van der Waals surface area (Å²) in [4.78, 5) is 0.179. The summed E-state index contributed by atoms with van der Waals surface area (Å²) >= 11 is 6.14. The molecule has 0 aliphatic heterocycles. The van der Waals surface area contributed by atoms with Crippen LogP contribution in [0.25, 0.3) is 0 Å². The first-order valence-corrected chi connectivity index (χ1v) is 9.72. The van der Waals surface area contributed by atoms with Gasteiger partial charge in [-0.05, 0) is 29.7 Å². The third-order valence-electron chi connectivity index (χ3n) is 3.78. The number of halogens is 1. The van der Waals surface area contributed by atoms with Crippen molar-refractivity contribution in [3.8, 4) is 0 Å². The molecule has 7 heteroatoms. The van der Waals surface area contributed by atoms with Gasteiger partial charge in [0.25, 0.3) is 10.0 Å². The summed E-state index contributed by atoms with van der Waals surface area (Å²) in [5.41, 5.74) is 2.12. The fourth-order valence-electron chi connectivity index (χ4n) is 2.41. The van der Waals surface area contributed by atoms with E-state index in [1.54, 1.807) is 35.1 Å². The van der Waals surface area contributed by atoms with E-state index in [4.69, 9.17) is 11.6 Å². The number of hydrogen-bond acceptors (Lipinski definition) is 3. The van der Waals surface area contributed by atoms with Crippen molar-refractivity contribution in [3.05, 3.63) is 76.9 Å². The minimum atomic E-state index is -3.73. The molecule has 1 aromatic heterocycles. The second-order valence-corrected chi connectivity index (χ2v) is 7.70. The van der Waals surface area contributed by atoms with Gasteiger partial charge in [-0.2, -0.15) is 5.10 Å². The molecular weight excluding hydrogens is 358 g/mol. The third kappa shape index (κ3) is 4.21. The fourth-order valence-corrected chi connectivity index (χ4v) is 3.68. The summed E-state index contributed by atoms with van der Waals surface area (Å²) in [5.74, 6) is 0.122. The van der Waals surface area contributed by atoms with Crippen LogP contribution in [0.4, 0.5) is 5.82 Å². The van der Waals surface area contributed by atoms with Crippen LogP contribution in [0.15, 0.2) is 65.7 Å². The van der Waals surface area contributed by atoms with E-state index < -0.39 is 10.0 Å². The average molecular weight is 376 g/mol. The predicted octanol–water partition coefficient (Wildman–Crippen LogP) is 3.95. The number of nitrogens with zero attached hydrogens (tertiary/aromatic N) is 2. The summed E-state index contributed by atoms with van der Waals surface area (Å²) in [6.07, 6.45) is 2.45. The molecule has 5 nitrogen and oxygen atoms in total. The van der Waals surface area contributed by atoms with Gasteiger partial charge in [0.2, 0.25) is 0 Å². The van der Waals surface area contributed by atoms with Crippen LogP contribution < -0.4 is 4.72 Å². The largest absolute Gasteiger partial charge is 0.265 e. The highest BCUT2D eigenvalue weighted by atomic mass is 35.5. The first-order chi connectivity index (χ1) is 12.0. The van der Waals surface area contributed by atoms with Gasteiger partial charge in [0.05, 0.1) is 11.4 Å². The van der Waals surface area contributed by atoms with Gasteiger partial charge in [-0.1, -0.05) is 61.0 Å². The van der Waals surface area contributed by atoms with E-state index in [1.165, 1.54) is 0 Å². The SMILES string of the molecule is CCc1ccc(S(=O)(=O)Nc2nn(Cc3ccccc3)cc2Cl)cc1. The number of rotatable bonds is 6. The Morgan fingerprint density at radius 2 is 1.72 bits per heavy atom. The van der Waals surface area contributed by atoms with Crippen molar-refractivity contribution < 1.29 is 8.42 Å². The van der Waals surface area contributed by atoms with E-state index in [-0.39, 0.29) is 15.7 Å². The van der Waals surface area contributed by atoms with Gasteiger partial charge in [-0.25, -0.2) is 8.42 Å². The van der Waals surface area contributed by atoms with Crippen LogP contribution in [0.5, 0.6) is 0 Å². The Hall–Kier alpha value is -2.31. The average Bonchev–Trinajstić information content (AvgIpc) is 2.94. The van der Waals surface area contributed by atoms with Crippen molar-refractivity contribution in [2.45, 2.75) is 24.8 Å². The fraction of sp³-hybridized carbons (Fsp3) is 0.167. The molecule has 3 rings (SSSR count). The Labute approximate surface area is 152 Å². The molecule has 0 radical (unpaired) electrons. The highest BCUT2D eigenvalue weighted by Gasteiger charge is 2.18. The molecule has 0 amide bonds. The first-order valence-electron chi connectivity index (χ1n) is 7.86. The number of aryl methyl sites for hydroxylation is 1. The molecule has 130 valence electrons. The molecule has 0 saturated carbocycles. The third-order valence-corrected chi connectivity index (χ3v) is 5.41. The highest BCUT2D eigenvalue weighted by molar-refractivity contribution is 7.92. The molecule has 0 unspecified atom stereocenters. The minimum Gasteiger partial charge on any atom is -0.265 e. The molecule has 3 aromatic rings. The summed E-state index contributed by atoms with van der Waals surface area (Å²) < 4.78 is 29.1. The van der Waals surface area contributed by atoms with Crippen LogP contribution in [0, 0.1) is 0 Å². The standard InChI is InChI=1S/C18H18ClN3O2S/c1-2-14-8-10-16(11-9-14)25(23,24)21-18-17(19)13-22(20-18)12-15-6-4-3-5-7-15/h3-11,13H,2,12H2,1H3,(H,20,21). The molecule has 2 aromatic carbocycles. The number of sulfonamides is 1. The van der Waals surface area contributed by atoms with Crippen molar-refractivity contribution in [2.24, 2.45) is 0 Å². The van der Waals surface area contributed by atoms with Crippen molar-refractivity contribution >= 4 is 27.4 Å². The Bertz CT molecular complexity index is 952. The topological polar surface area (TPSA) is 64.0 Å². The number of benzene rings is 2. The zero-order valence-corrected chi connectivity index (χ0v) is 15.3. The number of aromatic nitrogens is 2. The lowest BCUT2D eigenvalue weighted by Gasteiger charge is -2.07. The Morgan fingerprint density at radius 3 is 2.36 bits per heavy atom. The number of anilines is 1. The van der Waals surface area contributed by atoms with Crippen LogP contribution >= 0.6 is 11.6 Å². The van der Waals surface area contributed by atoms with Gasteiger partial charge in [-0.3, -0.25) is 9.40 Å². The second-order valence-electron chi connectivity index (χ2n) is 5.61. The number of hydrogen-bond donors (Lipinski definition) is 1. The van der Waals surface area contributed by atoms with E-state index in [9.17, 15) is 8.42 Å². The molecule has 0 spiro atoms. The molecule has 0 bridgehead atoms. The van der Waals surface area contributed by atoms with Gasteiger partial charge >= 0.3 is 0 Å². The van der Waals surface area contributed by atoms with Gasteiger partial charge in [-0.15, -0.1) is 0 Å². The maximum Gasteiger partial charge on any atom is 0.263 e. The summed E-state index contributed by atoms with van der Waals surface area (Å²) in [5, 5.41) is 4.50. The quantitative estimate of drug-likeness (QED) is 0.709. The monoisotopic (exact) mass is 375 g/mol. The van der Waals surface area contributed by atoms with E-state index in [1.807, 2.05) is 37.3 Å². The Balaban J connectivity index is 1.79. The van der Waals surface area contributed by atoms with Crippen molar-refractivity contribution in [2.75, 3.05) is 4.72 Å². The van der Waals surface area contributed by atoms with Crippen LogP contribution in [-0.2, 0) is 23.0 Å². The smallest absolute Gasteiger partial charge is 0.263 e. The van der Waals surface area contributed by atoms with E-state index >= 15 is 0 Å². The maximum atomic E-state index is 12.5. The van der Waals surface area contributed by atoms with Crippen LogP contribution in [0.2, 0.25) is 5.02 Å². The lowest BCUT2D eigenvalue weighted by molar-refractivity contribution is 0.600. The van der Waals surface area contributed by atoms with Gasteiger partial charge < -0.3 is 0 Å². The van der Waals surface area contributed by atoms with Crippen molar-refractivity contribution in [1.82, 2.24) is 9.78 Å². The minimum absolute atomic E-state index is 0.122. The van der Waals surface area contributed by atoms with Crippen LogP contribution in [-0.4, -0.2) is 18.2 Å². The first kappa shape index (κ1) is 17.5. The van der Waals surface area contributed by atoms with Gasteiger partial charge in [0, 0.05) is 6.20 Å². The molecular formula is C18H18ClN3O2S. The summed E-state index contributed by atoms with van der Waals surface area (Å²) in [6.45, 7) is 2.52. The van der Waals surface area contributed by atoms with Crippen LogP contribution in [0.3, 0.4) is 0 Å². The highest BCUT2D eigenvalue weighted by Crippen LogP contribution is 2.23. The van der Waals surface area contributed by atoms with Gasteiger partial charge in [0.1, 0.15) is 5.02 Å². The van der Waals surface area contributed by atoms with Crippen LogP contribution in [0.1, 0.15) is 18.1 Å². The van der Waals surface area contributed by atoms with E-state index in [2.05, 4.69) is 9.82 Å². The summed E-state index contributed by atoms with van der Waals surface area (Å²) in [7, 11) is -3.73. The van der Waals surface area contributed by atoms with Crippen molar-refractivity contribution in [1.29, 1.82) is 0 Å². The zero-order chi connectivity index (χ0) is 17.9. The lowest BCUT2D eigenvalue weighted by Crippen LogP contribution is -2.14. The van der Waals surface area contributed by atoms with E-state index in [0.717, 1.165) is 17.5 Å². The Kier molecular flexibility index (Phi) is 5.11. The molecule has 1 N–H and O–H groups in total. The van der Waals surface area contributed by atoms with E-state index in [0.29, 0.717) is 6.54 Å².